The first-order valence-electron chi connectivity index (χ1n) is 7.58. The molecule has 0 aliphatic heterocycles. The number of furan rings is 1. The molecule has 3 amide bonds. The number of rotatable bonds is 8. The van der Waals surface area contributed by atoms with Crippen LogP contribution in [0.25, 0.3) is 0 Å². The molecule has 2 heterocycles. The molecule has 0 aromatic carbocycles. The molecular weight excluding hydrogens is 362 g/mol. The first kappa shape index (κ1) is 19.2. The van der Waals surface area contributed by atoms with Crippen LogP contribution in [0, 0.1) is 0 Å². The van der Waals surface area contributed by atoms with Gasteiger partial charge in [-0.2, -0.15) is 0 Å². The van der Waals surface area contributed by atoms with Gasteiger partial charge >= 0.3 is 5.97 Å². The highest BCUT2D eigenvalue weighted by atomic mass is 32.1. The van der Waals surface area contributed by atoms with Crippen LogP contribution in [-0.4, -0.2) is 36.3 Å². The molecule has 1 atom stereocenters. The predicted molar refractivity (Wildman–Crippen MR) is 92.7 cm³/mol. The van der Waals surface area contributed by atoms with E-state index in [1.807, 2.05) is 0 Å². The zero-order valence-electron chi connectivity index (χ0n) is 13.8. The Morgan fingerprint density at radius 2 is 2.08 bits per heavy atom. The Hall–Kier alpha value is -3.14. The quantitative estimate of drug-likeness (QED) is 0.587. The summed E-state index contributed by atoms with van der Waals surface area (Å²) >= 11 is 1.13. The second-order valence-electron chi connectivity index (χ2n) is 5.13. The summed E-state index contributed by atoms with van der Waals surface area (Å²) in [6.07, 6.45) is 0.169. The molecule has 0 spiro atoms. The van der Waals surface area contributed by atoms with E-state index in [9.17, 15) is 19.2 Å². The third kappa shape index (κ3) is 5.18. The Morgan fingerprint density at radius 3 is 2.73 bits per heavy atom. The van der Waals surface area contributed by atoms with Crippen molar-refractivity contribution in [1.29, 1.82) is 0 Å². The molecule has 10 heteroatoms. The summed E-state index contributed by atoms with van der Waals surface area (Å²) in [6, 6.07) is 4.55. The van der Waals surface area contributed by atoms with Gasteiger partial charge in [0.1, 0.15) is 5.00 Å². The van der Waals surface area contributed by atoms with E-state index in [4.69, 9.17) is 14.9 Å². The van der Waals surface area contributed by atoms with Crippen molar-refractivity contribution in [2.75, 3.05) is 11.9 Å². The summed E-state index contributed by atoms with van der Waals surface area (Å²) < 4.78 is 9.91. The Bertz CT molecular complexity index is 799. The van der Waals surface area contributed by atoms with Crippen molar-refractivity contribution in [2.24, 2.45) is 5.73 Å². The largest absolute Gasteiger partial charge is 0.459 e. The summed E-state index contributed by atoms with van der Waals surface area (Å²) in [5, 5.41) is 6.87. The smallest absolute Gasteiger partial charge is 0.308 e. The van der Waals surface area contributed by atoms with Crippen LogP contribution in [0.1, 0.15) is 34.3 Å². The van der Waals surface area contributed by atoms with Gasteiger partial charge in [-0.05, 0) is 30.5 Å². The van der Waals surface area contributed by atoms with Crippen LogP contribution in [0.5, 0.6) is 0 Å². The van der Waals surface area contributed by atoms with Gasteiger partial charge in [-0.15, -0.1) is 11.3 Å². The van der Waals surface area contributed by atoms with Gasteiger partial charge in [-0.3, -0.25) is 19.2 Å². The van der Waals surface area contributed by atoms with Crippen LogP contribution < -0.4 is 16.4 Å². The zero-order chi connectivity index (χ0) is 19.1. The number of carbonyl (C=O) groups is 4. The van der Waals surface area contributed by atoms with Crippen molar-refractivity contribution in [2.45, 2.75) is 19.4 Å². The van der Waals surface area contributed by atoms with Crippen LogP contribution >= 0.6 is 11.3 Å². The van der Waals surface area contributed by atoms with Crippen molar-refractivity contribution in [3.05, 3.63) is 41.2 Å². The van der Waals surface area contributed by atoms with Gasteiger partial charge in [0.2, 0.25) is 0 Å². The molecule has 138 valence electrons. The van der Waals surface area contributed by atoms with Crippen molar-refractivity contribution < 1.29 is 28.3 Å². The fourth-order valence-corrected chi connectivity index (χ4v) is 2.69. The molecule has 0 aliphatic rings. The van der Waals surface area contributed by atoms with Crippen LogP contribution in [0.4, 0.5) is 5.00 Å². The van der Waals surface area contributed by atoms with Gasteiger partial charge in [-0.25, -0.2) is 0 Å². The maximum atomic E-state index is 12.0. The number of hydrogen-bond acceptors (Lipinski definition) is 7. The van der Waals surface area contributed by atoms with Gasteiger partial charge in [0.05, 0.1) is 18.2 Å². The van der Waals surface area contributed by atoms with Gasteiger partial charge < -0.3 is 25.5 Å². The number of carbonyl (C=O) groups excluding carboxylic acids is 4. The lowest BCUT2D eigenvalue weighted by atomic mass is 10.3. The Labute approximate surface area is 152 Å². The second kappa shape index (κ2) is 8.81. The number of anilines is 1. The number of hydrogen-bond donors (Lipinski definition) is 3. The average Bonchev–Trinajstić information content (AvgIpc) is 3.26. The minimum absolute atomic E-state index is 0.0312. The molecule has 0 aliphatic carbocycles. The maximum absolute atomic E-state index is 12.0. The number of esters is 1. The van der Waals surface area contributed by atoms with E-state index in [1.54, 1.807) is 11.4 Å². The van der Waals surface area contributed by atoms with Gasteiger partial charge in [0.25, 0.3) is 17.7 Å². The minimum Gasteiger partial charge on any atom is -0.459 e. The van der Waals surface area contributed by atoms with Crippen molar-refractivity contribution >= 4 is 40.0 Å². The number of nitrogens with one attached hydrogen (secondary N) is 2. The van der Waals surface area contributed by atoms with Gasteiger partial charge in [0.15, 0.2) is 11.9 Å². The molecular formula is C16H17N3O6S. The molecule has 2 aromatic heterocycles. The lowest BCUT2D eigenvalue weighted by Crippen LogP contribution is -2.32. The summed E-state index contributed by atoms with van der Waals surface area (Å²) in [5.74, 6) is -2.24. The molecule has 1 unspecified atom stereocenters. The zero-order valence-corrected chi connectivity index (χ0v) is 14.6. The molecule has 2 aromatic rings. The fraction of sp³-hybridized carbons (Fsp3) is 0.250. The van der Waals surface area contributed by atoms with Gasteiger partial charge in [-0.1, -0.05) is 0 Å². The van der Waals surface area contributed by atoms with Crippen LogP contribution in [0.2, 0.25) is 0 Å². The lowest BCUT2D eigenvalue weighted by molar-refractivity contribution is -0.153. The van der Waals surface area contributed by atoms with Crippen molar-refractivity contribution in [3.63, 3.8) is 0 Å². The highest BCUT2D eigenvalue weighted by Crippen LogP contribution is 2.22. The molecule has 0 radical (unpaired) electrons. The summed E-state index contributed by atoms with van der Waals surface area (Å²) in [4.78, 5) is 46.6. The van der Waals surface area contributed by atoms with E-state index in [-0.39, 0.29) is 29.3 Å². The fourth-order valence-electron chi connectivity index (χ4n) is 1.90. The van der Waals surface area contributed by atoms with E-state index in [0.29, 0.717) is 0 Å². The van der Waals surface area contributed by atoms with E-state index in [0.717, 1.165) is 11.3 Å². The number of nitrogens with two attached hydrogens (primary N) is 1. The average molecular weight is 379 g/mol. The molecule has 0 bridgehead atoms. The first-order valence-corrected chi connectivity index (χ1v) is 8.45. The topological polar surface area (TPSA) is 141 Å². The standard InChI is InChI=1S/C16H17N3O6S/c1-9(14(22)19-16-10(13(17)21)5-8-26-16)25-12(20)4-6-18-15(23)11-3-2-7-24-11/h2-3,5,7-9H,4,6H2,1H3,(H2,17,21)(H,18,23)(H,19,22). The first-order chi connectivity index (χ1) is 12.4. The van der Waals surface area contributed by atoms with E-state index < -0.39 is 29.8 Å². The molecule has 4 N–H and O–H groups in total. The number of amides is 3. The highest BCUT2D eigenvalue weighted by Gasteiger charge is 2.20. The monoisotopic (exact) mass is 379 g/mol. The molecule has 9 nitrogen and oxygen atoms in total. The number of ether oxygens (including phenoxy) is 1. The van der Waals surface area contributed by atoms with Crippen LogP contribution in [0.15, 0.2) is 34.3 Å². The third-order valence-corrected chi connectivity index (χ3v) is 4.03. The van der Waals surface area contributed by atoms with Crippen molar-refractivity contribution in [1.82, 2.24) is 5.32 Å². The molecule has 26 heavy (non-hydrogen) atoms. The Kier molecular flexibility index (Phi) is 6.50. The summed E-state index contributed by atoms with van der Waals surface area (Å²) in [5.41, 5.74) is 5.38. The molecule has 2 rings (SSSR count). The minimum atomic E-state index is -1.08. The van der Waals surface area contributed by atoms with Crippen LogP contribution in [0.3, 0.4) is 0 Å². The van der Waals surface area contributed by atoms with E-state index in [1.165, 1.54) is 25.3 Å². The third-order valence-electron chi connectivity index (χ3n) is 3.20. The van der Waals surface area contributed by atoms with E-state index in [2.05, 4.69) is 10.6 Å². The second-order valence-corrected chi connectivity index (χ2v) is 6.05. The normalized spacial score (nSPS) is 11.4. The predicted octanol–water partition coefficient (Wildman–Crippen LogP) is 1.13. The number of thiophene rings is 1. The summed E-state index contributed by atoms with van der Waals surface area (Å²) in [7, 11) is 0. The summed E-state index contributed by atoms with van der Waals surface area (Å²) in [6.45, 7) is 1.43. The highest BCUT2D eigenvalue weighted by molar-refractivity contribution is 7.14. The van der Waals surface area contributed by atoms with Gasteiger partial charge in [0, 0.05) is 6.54 Å². The Morgan fingerprint density at radius 1 is 1.31 bits per heavy atom. The molecule has 0 saturated heterocycles. The SMILES string of the molecule is CC(OC(=O)CCNC(=O)c1ccco1)C(=O)Nc1sccc1C(N)=O. The van der Waals surface area contributed by atoms with E-state index >= 15 is 0 Å². The number of primary amides is 1. The lowest BCUT2D eigenvalue weighted by Gasteiger charge is -2.13. The molecule has 0 fully saturated rings. The molecule has 0 saturated carbocycles. The van der Waals surface area contributed by atoms with Crippen molar-refractivity contribution in [3.8, 4) is 0 Å². The Balaban J connectivity index is 1.75. The maximum Gasteiger partial charge on any atom is 0.308 e. The van der Waals surface area contributed by atoms with Crippen LogP contribution in [-0.2, 0) is 14.3 Å².